The van der Waals surface area contributed by atoms with Crippen molar-refractivity contribution in [3.05, 3.63) is 69.3 Å². The van der Waals surface area contributed by atoms with Crippen molar-refractivity contribution in [2.75, 3.05) is 6.61 Å². The first-order valence-corrected chi connectivity index (χ1v) is 7.76. The molecule has 1 amide bonds. The number of ether oxygens (including phenoxy) is 1. The number of nitro groups is 1. The predicted octanol–water partition coefficient (Wildman–Crippen LogP) is 3.46. The minimum absolute atomic E-state index is 0.0973. The van der Waals surface area contributed by atoms with Crippen molar-refractivity contribution >= 4 is 17.3 Å². The fourth-order valence-electron chi connectivity index (χ4n) is 2.29. The van der Waals surface area contributed by atoms with Crippen LogP contribution < -0.4 is 10.2 Å². The van der Waals surface area contributed by atoms with E-state index in [0.29, 0.717) is 17.9 Å². The number of hydrogen-bond donors (Lipinski definition) is 1. The Hall–Kier alpha value is -3.22. The van der Waals surface area contributed by atoms with E-state index in [1.807, 2.05) is 31.2 Å². The summed E-state index contributed by atoms with van der Waals surface area (Å²) < 4.78 is 5.38. The van der Waals surface area contributed by atoms with Crippen molar-refractivity contribution < 1.29 is 14.5 Å². The van der Waals surface area contributed by atoms with Crippen molar-refractivity contribution in [3.63, 3.8) is 0 Å². The lowest BCUT2D eigenvalue weighted by Gasteiger charge is -2.07. The zero-order chi connectivity index (χ0) is 18.4. The van der Waals surface area contributed by atoms with E-state index in [0.717, 1.165) is 11.3 Å². The first kappa shape index (κ1) is 18.1. The molecule has 0 fully saturated rings. The molecule has 2 aromatic carbocycles. The highest BCUT2D eigenvalue weighted by atomic mass is 16.6. The molecule has 0 radical (unpaired) electrons. The molecule has 0 aliphatic carbocycles. The number of benzene rings is 2. The third kappa shape index (κ3) is 4.41. The van der Waals surface area contributed by atoms with Crippen molar-refractivity contribution in [2.45, 2.75) is 20.8 Å². The molecular weight excluding hydrogens is 322 g/mol. The molecule has 0 aliphatic rings. The van der Waals surface area contributed by atoms with E-state index >= 15 is 0 Å². The van der Waals surface area contributed by atoms with Crippen LogP contribution >= 0.6 is 0 Å². The molecule has 0 unspecified atom stereocenters. The molecule has 0 aliphatic heterocycles. The average molecular weight is 341 g/mol. The van der Waals surface area contributed by atoms with Crippen LogP contribution in [-0.2, 0) is 0 Å². The number of hydrogen-bond acceptors (Lipinski definition) is 5. The summed E-state index contributed by atoms with van der Waals surface area (Å²) in [7, 11) is 0. The van der Waals surface area contributed by atoms with Gasteiger partial charge in [-0.1, -0.05) is 6.07 Å². The SMILES string of the molecule is CCOc1ccc(/C(C)=N\NC(=O)c2cccc([N+](=O)[O-])c2C)cc1. The van der Waals surface area contributed by atoms with Gasteiger partial charge in [-0.3, -0.25) is 14.9 Å². The Morgan fingerprint density at radius 3 is 2.52 bits per heavy atom. The molecule has 1 N–H and O–H groups in total. The van der Waals surface area contributed by atoms with Gasteiger partial charge in [-0.2, -0.15) is 5.10 Å². The lowest BCUT2D eigenvalue weighted by Crippen LogP contribution is -2.20. The van der Waals surface area contributed by atoms with Crippen LogP contribution in [0.3, 0.4) is 0 Å². The van der Waals surface area contributed by atoms with Crippen LogP contribution in [0.5, 0.6) is 5.75 Å². The number of carbonyl (C=O) groups excluding carboxylic acids is 1. The number of nitrogens with one attached hydrogen (secondary N) is 1. The molecule has 0 saturated carbocycles. The van der Waals surface area contributed by atoms with E-state index in [1.165, 1.54) is 25.1 Å². The van der Waals surface area contributed by atoms with Crippen molar-refractivity contribution in [2.24, 2.45) is 5.10 Å². The fraction of sp³-hybridized carbons (Fsp3) is 0.222. The van der Waals surface area contributed by atoms with E-state index in [4.69, 9.17) is 4.74 Å². The Bertz CT molecular complexity index is 814. The third-order valence-electron chi connectivity index (χ3n) is 3.65. The van der Waals surface area contributed by atoms with E-state index in [-0.39, 0.29) is 11.3 Å². The Morgan fingerprint density at radius 2 is 1.92 bits per heavy atom. The molecule has 25 heavy (non-hydrogen) atoms. The molecule has 0 aromatic heterocycles. The second kappa shape index (κ2) is 8.05. The Labute approximate surface area is 145 Å². The summed E-state index contributed by atoms with van der Waals surface area (Å²) in [5.74, 6) is 0.266. The van der Waals surface area contributed by atoms with Crippen LogP contribution in [0.2, 0.25) is 0 Å². The number of amides is 1. The Morgan fingerprint density at radius 1 is 1.24 bits per heavy atom. The second-order valence-electron chi connectivity index (χ2n) is 5.30. The summed E-state index contributed by atoms with van der Waals surface area (Å²) in [4.78, 5) is 22.7. The number of nitro benzene ring substituents is 1. The highest BCUT2D eigenvalue weighted by Crippen LogP contribution is 2.21. The lowest BCUT2D eigenvalue weighted by atomic mass is 10.1. The summed E-state index contributed by atoms with van der Waals surface area (Å²) in [6.07, 6.45) is 0. The van der Waals surface area contributed by atoms with Crippen LogP contribution in [0, 0.1) is 17.0 Å². The topological polar surface area (TPSA) is 93.8 Å². The predicted molar refractivity (Wildman–Crippen MR) is 95.1 cm³/mol. The molecule has 0 atom stereocenters. The quantitative estimate of drug-likeness (QED) is 0.494. The van der Waals surface area contributed by atoms with Gasteiger partial charge in [0.15, 0.2) is 0 Å². The van der Waals surface area contributed by atoms with Crippen molar-refractivity contribution in [1.29, 1.82) is 0 Å². The van der Waals surface area contributed by atoms with Gasteiger partial charge in [0.2, 0.25) is 0 Å². The molecule has 0 heterocycles. The van der Waals surface area contributed by atoms with E-state index in [2.05, 4.69) is 10.5 Å². The van der Waals surface area contributed by atoms with Crippen LogP contribution in [0.4, 0.5) is 5.69 Å². The fourth-order valence-corrected chi connectivity index (χ4v) is 2.29. The average Bonchev–Trinajstić information content (AvgIpc) is 2.60. The van der Waals surface area contributed by atoms with E-state index < -0.39 is 10.8 Å². The first-order valence-electron chi connectivity index (χ1n) is 7.76. The summed E-state index contributed by atoms with van der Waals surface area (Å²) in [6.45, 7) is 5.80. The normalized spacial score (nSPS) is 11.1. The molecule has 0 bridgehead atoms. The Kier molecular flexibility index (Phi) is 5.84. The minimum Gasteiger partial charge on any atom is -0.494 e. The number of carbonyl (C=O) groups is 1. The van der Waals surface area contributed by atoms with Crippen LogP contribution in [0.15, 0.2) is 47.6 Å². The maximum absolute atomic E-state index is 12.3. The summed E-state index contributed by atoms with van der Waals surface area (Å²) in [6, 6.07) is 11.7. The van der Waals surface area contributed by atoms with E-state index in [1.54, 1.807) is 6.92 Å². The number of nitrogens with zero attached hydrogens (tertiary/aromatic N) is 2. The molecule has 2 rings (SSSR count). The van der Waals surface area contributed by atoms with Crippen molar-refractivity contribution in [3.8, 4) is 5.75 Å². The zero-order valence-corrected chi connectivity index (χ0v) is 14.3. The van der Waals surface area contributed by atoms with Crippen LogP contribution in [0.25, 0.3) is 0 Å². The largest absolute Gasteiger partial charge is 0.494 e. The summed E-state index contributed by atoms with van der Waals surface area (Å²) >= 11 is 0. The molecule has 0 saturated heterocycles. The summed E-state index contributed by atoms with van der Waals surface area (Å²) in [5, 5.41) is 15.0. The van der Waals surface area contributed by atoms with E-state index in [9.17, 15) is 14.9 Å². The van der Waals surface area contributed by atoms with Gasteiger partial charge in [0.1, 0.15) is 5.75 Å². The molecule has 0 spiro atoms. The van der Waals surface area contributed by atoms with Crippen LogP contribution in [0.1, 0.15) is 35.3 Å². The second-order valence-corrected chi connectivity index (χ2v) is 5.30. The highest BCUT2D eigenvalue weighted by molar-refractivity contribution is 6.01. The van der Waals surface area contributed by atoms with Gasteiger partial charge in [-0.05, 0) is 56.7 Å². The molecule has 130 valence electrons. The number of hydrazone groups is 1. The molecule has 2 aromatic rings. The van der Waals surface area contributed by atoms with Gasteiger partial charge < -0.3 is 4.74 Å². The number of rotatable bonds is 6. The first-order chi connectivity index (χ1) is 11.9. The minimum atomic E-state index is -0.513. The van der Waals surface area contributed by atoms with Gasteiger partial charge in [0.05, 0.1) is 22.8 Å². The van der Waals surface area contributed by atoms with Gasteiger partial charge in [0, 0.05) is 11.6 Å². The smallest absolute Gasteiger partial charge is 0.273 e. The standard InChI is InChI=1S/C18H19N3O4/c1-4-25-15-10-8-14(9-11-15)13(3)19-20-18(22)16-6-5-7-17(12(16)2)21(23)24/h5-11H,4H2,1-3H3,(H,20,22)/b19-13-. The maximum atomic E-state index is 12.3. The highest BCUT2D eigenvalue weighted by Gasteiger charge is 2.17. The molecular formula is C18H19N3O4. The third-order valence-corrected chi connectivity index (χ3v) is 3.65. The Balaban J connectivity index is 2.14. The van der Waals surface area contributed by atoms with Gasteiger partial charge >= 0.3 is 0 Å². The van der Waals surface area contributed by atoms with Gasteiger partial charge in [-0.15, -0.1) is 0 Å². The van der Waals surface area contributed by atoms with Crippen molar-refractivity contribution in [1.82, 2.24) is 5.43 Å². The van der Waals surface area contributed by atoms with Gasteiger partial charge in [0.25, 0.3) is 11.6 Å². The van der Waals surface area contributed by atoms with Crippen LogP contribution in [-0.4, -0.2) is 23.1 Å². The maximum Gasteiger partial charge on any atom is 0.273 e. The van der Waals surface area contributed by atoms with Gasteiger partial charge in [-0.25, -0.2) is 5.43 Å². The zero-order valence-electron chi connectivity index (χ0n) is 14.3. The lowest BCUT2D eigenvalue weighted by molar-refractivity contribution is -0.385. The molecule has 7 heteroatoms. The monoisotopic (exact) mass is 341 g/mol. The summed E-state index contributed by atoms with van der Waals surface area (Å²) in [5.41, 5.74) is 4.31. The molecule has 7 nitrogen and oxygen atoms in total.